The lowest BCUT2D eigenvalue weighted by Crippen LogP contribution is -2.65. The molecule has 1 fully saturated rings. The summed E-state index contributed by atoms with van der Waals surface area (Å²) in [7, 11) is 0. The van der Waals surface area contributed by atoms with Gasteiger partial charge in [-0.25, -0.2) is 0 Å². The highest BCUT2D eigenvalue weighted by Gasteiger charge is 2.49. The van der Waals surface area contributed by atoms with Gasteiger partial charge >= 0.3 is 0 Å². The monoisotopic (exact) mass is 431 g/mol. The topological polar surface area (TPSA) is 67.5 Å². The van der Waals surface area contributed by atoms with Gasteiger partial charge in [0.2, 0.25) is 5.91 Å². The van der Waals surface area contributed by atoms with Crippen LogP contribution in [0.5, 0.6) is 0 Å². The molecule has 166 valence electrons. The van der Waals surface area contributed by atoms with Gasteiger partial charge in [0.1, 0.15) is 11.2 Å². The zero-order valence-corrected chi connectivity index (χ0v) is 18.6. The summed E-state index contributed by atoms with van der Waals surface area (Å²) in [5, 5.41) is 3.30. The van der Waals surface area contributed by atoms with Crippen LogP contribution in [0.25, 0.3) is 17.2 Å². The Morgan fingerprint density at radius 3 is 2.84 bits per heavy atom. The van der Waals surface area contributed by atoms with E-state index in [0.29, 0.717) is 29.4 Å². The van der Waals surface area contributed by atoms with Crippen molar-refractivity contribution in [2.45, 2.75) is 57.7 Å². The summed E-state index contributed by atoms with van der Waals surface area (Å²) < 4.78 is 7.47. The van der Waals surface area contributed by atoms with Crippen LogP contribution in [-0.2, 0) is 11.3 Å². The van der Waals surface area contributed by atoms with Crippen molar-refractivity contribution < 1.29 is 14.0 Å². The molecule has 2 aromatic heterocycles. The average molecular weight is 432 g/mol. The largest absolute Gasteiger partial charge is 0.463 e. The molecule has 3 heterocycles. The second-order valence-electron chi connectivity index (χ2n) is 9.34. The summed E-state index contributed by atoms with van der Waals surface area (Å²) in [6.07, 6.45) is 7.77. The summed E-state index contributed by atoms with van der Waals surface area (Å²) in [6, 6.07) is 11.3. The van der Waals surface area contributed by atoms with E-state index in [4.69, 9.17) is 4.42 Å². The van der Waals surface area contributed by atoms with E-state index in [1.54, 1.807) is 23.3 Å². The van der Waals surface area contributed by atoms with Crippen molar-refractivity contribution >= 4 is 34.7 Å². The van der Waals surface area contributed by atoms with Crippen molar-refractivity contribution in [3.05, 3.63) is 60.5 Å². The van der Waals surface area contributed by atoms with E-state index in [2.05, 4.69) is 18.8 Å². The van der Waals surface area contributed by atoms with E-state index in [9.17, 15) is 9.59 Å². The Morgan fingerprint density at radius 1 is 1.25 bits per heavy atom. The Kier molecular flexibility index (Phi) is 4.96. The van der Waals surface area contributed by atoms with Crippen LogP contribution in [-0.4, -0.2) is 28.0 Å². The quantitative estimate of drug-likeness (QED) is 0.633. The third kappa shape index (κ3) is 3.17. The number of furan rings is 1. The SMILES string of the molecule is C=Cc1cccc(N2C(=O)c3cc4occc4n3CC2(C)C(=O)NC2CCCCC2C)c1. The molecule has 6 heteroatoms. The third-order valence-electron chi connectivity index (χ3n) is 7.19. The van der Waals surface area contributed by atoms with Crippen LogP contribution in [0.3, 0.4) is 0 Å². The normalized spacial score (nSPS) is 25.6. The number of nitrogens with zero attached hydrogens (tertiary/aromatic N) is 2. The van der Waals surface area contributed by atoms with Gasteiger partial charge in [-0.1, -0.05) is 44.6 Å². The second-order valence-corrected chi connectivity index (χ2v) is 9.34. The lowest BCUT2D eigenvalue weighted by atomic mass is 9.84. The molecule has 1 aliphatic carbocycles. The molecule has 1 N–H and O–H groups in total. The molecule has 0 saturated heterocycles. The van der Waals surface area contributed by atoms with Gasteiger partial charge in [0.25, 0.3) is 5.91 Å². The van der Waals surface area contributed by atoms with E-state index in [0.717, 1.165) is 30.3 Å². The van der Waals surface area contributed by atoms with E-state index in [-0.39, 0.29) is 17.9 Å². The summed E-state index contributed by atoms with van der Waals surface area (Å²) in [6.45, 7) is 8.26. The Hall–Kier alpha value is -3.28. The van der Waals surface area contributed by atoms with Gasteiger partial charge in [0, 0.05) is 23.9 Å². The van der Waals surface area contributed by atoms with Crippen molar-refractivity contribution in [1.82, 2.24) is 9.88 Å². The highest BCUT2D eigenvalue weighted by Crippen LogP contribution is 2.37. The van der Waals surface area contributed by atoms with Crippen molar-refractivity contribution in [3.63, 3.8) is 0 Å². The number of rotatable bonds is 4. The first-order valence-corrected chi connectivity index (χ1v) is 11.4. The number of carbonyl (C=O) groups is 2. The molecule has 2 aliphatic rings. The zero-order valence-electron chi connectivity index (χ0n) is 18.6. The lowest BCUT2D eigenvalue weighted by molar-refractivity contribution is -0.127. The van der Waals surface area contributed by atoms with Gasteiger partial charge in [0.05, 0.1) is 18.3 Å². The van der Waals surface area contributed by atoms with Crippen molar-refractivity contribution in [2.24, 2.45) is 5.92 Å². The number of hydrogen-bond donors (Lipinski definition) is 1. The molecular formula is C26H29N3O3. The van der Waals surface area contributed by atoms with Crippen LogP contribution < -0.4 is 10.2 Å². The molecular weight excluding hydrogens is 402 g/mol. The van der Waals surface area contributed by atoms with Crippen LogP contribution in [0.1, 0.15) is 55.6 Å². The van der Waals surface area contributed by atoms with Gasteiger partial charge in [-0.15, -0.1) is 0 Å². The average Bonchev–Trinajstić information content (AvgIpc) is 3.38. The van der Waals surface area contributed by atoms with Gasteiger partial charge in [-0.05, 0) is 43.4 Å². The predicted octanol–water partition coefficient (Wildman–Crippen LogP) is 4.99. The molecule has 1 saturated carbocycles. The van der Waals surface area contributed by atoms with E-state index >= 15 is 0 Å². The minimum Gasteiger partial charge on any atom is -0.463 e. The Morgan fingerprint density at radius 2 is 2.06 bits per heavy atom. The van der Waals surface area contributed by atoms with Crippen molar-refractivity contribution in [1.29, 1.82) is 0 Å². The lowest BCUT2D eigenvalue weighted by Gasteiger charge is -2.45. The molecule has 2 amide bonds. The van der Waals surface area contributed by atoms with Crippen LogP contribution in [0.2, 0.25) is 0 Å². The molecule has 0 radical (unpaired) electrons. The molecule has 6 nitrogen and oxygen atoms in total. The fraction of sp³-hybridized carbons (Fsp3) is 0.385. The minimum absolute atomic E-state index is 0.121. The summed E-state index contributed by atoms with van der Waals surface area (Å²) in [5.41, 5.74) is 2.50. The van der Waals surface area contributed by atoms with Gasteiger partial charge in [-0.2, -0.15) is 0 Å². The Balaban J connectivity index is 1.60. The minimum atomic E-state index is -1.09. The van der Waals surface area contributed by atoms with Gasteiger partial charge in [0.15, 0.2) is 5.58 Å². The number of hydrogen-bond acceptors (Lipinski definition) is 3. The maximum Gasteiger partial charge on any atom is 0.276 e. The number of anilines is 1. The molecule has 1 aliphatic heterocycles. The molecule has 5 rings (SSSR count). The first-order valence-electron chi connectivity index (χ1n) is 11.4. The maximum atomic E-state index is 13.9. The van der Waals surface area contributed by atoms with Crippen LogP contribution in [0.15, 0.2) is 53.7 Å². The Bertz CT molecular complexity index is 1210. The van der Waals surface area contributed by atoms with E-state index in [1.807, 2.05) is 41.8 Å². The fourth-order valence-corrected chi connectivity index (χ4v) is 5.26. The van der Waals surface area contributed by atoms with Crippen LogP contribution >= 0.6 is 0 Å². The predicted molar refractivity (Wildman–Crippen MR) is 126 cm³/mol. The second kappa shape index (κ2) is 7.69. The van der Waals surface area contributed by atoms with Crippen molar-refractivity contribution in [3.8, 4) is 0 Å². The fourth-order valence-electron chi connectivity index (χ4n) is 5.26. The number of nitrogens with one attached hydrogen (secondary N) is 1. The van der Waals surface area contributed by atoms with Gasteiger partial charge in [-0.3, -0.25) is 14.5 Å². The zero-order chi connectivity index (χ0) is 22.5. The maximum absolute atomic E-state index is 13.9. The smallest absolute Gasteiger partial charge is 0.276 e. The number of fused-ring (bicyclic) bond motifs is 3. The molecule has 3 unspecified atom stereocenters. The highest BCUT2D eigenvalue weighted by molar-refractivity contribution is 6.13. The standard InChI is InChI=1S/C26H29N3O3/c1-4-18-9-7-10-19(14-18)29-24(30)22-15-23-21(12-13-32-23)28(22)16-26(29,3)25(31)27-20-11-6-5-8-17(20)2/h4,7,9-10,12-15,17,20H,1,5-6,8,11,16H2,2-3H3,(H,27,31). The number of carbonyl (C=O) groups excluding carboxylic acids is 2. The highest BCUT2D eigenvalue weighted by atomic mass is 16.3. The third-order valence-corrected chi connectivity index (χ3v) is 7.19. The number of amides is 2. The van der Waals surface area contributed by atoms with Crippen LogP contribution in [0.4, 0.5) is 5.69 Å². The summed E-state index contributed by atoms with van der Waals surface area (Å²) in [4.78, 5) is 29.3. The molecule has 1 aromatic carbocycles. The first kappa shape index (κ1) is 20.6. The molecule has 32 heavy (non-hydrogen) atoms. The van der Waals surface area contributed by atoms with E-state index < -0.39 is 5.54 Å². The van der Waals surface area contributed by atoms with Gasteiger partial charge < -0.3 is 14.3 Å². The number of aromatic nitrogens is 1. The molecule has 3 aromatic rings. The Labute approximate surface area is 187 Å². The first-order chi connectivity index (χ1) is 15.4. The molecule has 3 atom stereocenters. The van der Waals surface area contributed by atoms with E-state index in [1.165, 1.54) is 6.42 Å². The molecule has 0 spiro atoms. The van der Waals surface area contributed by atoms with Crippen molar-refractivity contribution in [2.75, 3.05) is 4.90 Å². The molecule has 0 bridgehead atoms. The number of benzene rings is 1. The summed E-state index contributed by atoms with van der Waals surface area (Å²) in [5.74, 6) is 0.0960. The summed E-state index contributed by atoms with van der Waals surface area (Å²) >= 11 is 0. The van der Waals surface area contributed by atoms with Crippen LogP contribution in [0, 0.1) is 5.92 Å².